The Kier molecular flexibility index (Phi) is 25.3. The van der Waals surface area contributed by atoms with Crippen LogP contribution >= 0.6 is 8.25 Å². The molecule has 0 rings (SSSR count). The van der Waals surface area contributed by atoms with E-state index in [0.29, 0.717) is 13.2 Å². The van der Waals surface area contributed by atoms with Gasteiger partial charge >= 0.3 is 14.2 Å². The van der Waals surface area contributed by atoms with Crippen molar-refractivity contribution in [2.24, 2.45) is 0 Å². The Morgan fingerprint density at radius 3 is 1.40 bits per heavy atom. The van der Waals surface area contributed by atoms with E-state index in [9.17, 15) is 4.57 Å². The molecule has 0 spiro atoms. The SMILES string of the molecule is CCCCCCCCO[PH](=O)OCCCCCCCC.O=C(O)CO. The predicted octanol–water partition coefficient (Wildman–Crippen LogP) is 5.19. The molecule has 0 aromatic heterocycles. The second-order valence-corrected chi connectivity index (χ2v) is 7.11. The number of unbranched alkanes of at least 4 members (excludes halogenated alkanes) is 10. The van der Waals surface area contributed by atoms with Crippen molar-refractivity contribution in [3.05, 3.63) is 0 Å². The highest BCUT2D eigenvalue weighted by Gasteiger charge is 1.99. The van der Waals surface area contributed by atoms with Crippen LogP contribution in [0.5, 0.6) is 0 Å². The summed E-state index contributed by atoms with van der Waals surface area (Å²) in [5, 5.41) is 15.0. The minimum atomic E-state index is -2.23. The Labute approximate surface area is 154 Å². The average molecular weight is 382 g/mol. The maximum atomic E-state index is 11.5. The molecule has 0 unspecified atom stereocenters. The molecule has 25 heavy (non-hydrogen) atoms. The Morgan fingerprint density at radius 1 is 0.760 bits per heavy atom. The standard InChI is InChI=1S/C16H35O3P.C2H4O3/c1-3-5-7-9-11-13-15-18-20(17)19-16-14-12-10-8-6-4-2;3-1-2(4)5/h20H,3-16H2,1-2H3;3H,1H2,(H,4,5). The minimum absolute atomic E-state index is 0.584. The maximum absolute atomic E-state index is 11.5. The van der Waals surface area contributed by atoms with Gasteiger partial charge in [-0.2, -0.15) is 0 Å². The van der Waals surface area contributed by atoms with E-state index >= 15 is 0 Å². The highest BCUT2D eigenvalue weighted by Crippen LogP contribution is 2.24. The lowest BCUT2D eigenvalue weighted by molar-refractivity contribution is -0.140. The molecule has 7 heteroatoms. The second-order valence-electron chi connectivity index (χ2n) is 6.03. The van der Waals surface area contributed by atoms with Crippen LogP contribution in [0.4, 0.5) is 0 Å². The number of carbonyl (C=O) groups is 1. The summed E-state index contributed by atoms with van der Waals surface area (Å²) in [6, 6.07) is 0. The van der Waals surface area contributed by atoms with Crippen LogP contribution in [0.2, 0.25) is 0 Å². The number of rotatable bonds is 17. The van der Waals surface area contributed by atoms with Crippen molar-refractivity contribution in [3.8, 4) is 0 Å². The van der Waals surface area contributed by atoms with Crippen LogP contribution in [0.15, 0.2) is 0 Å². The van der Waals surface area contributed by atoms with Gasteiger partial charge in [0.2, 0.25) is 0 Å². The monoisotopic (exact) mass is 382 g/mol. The minimum Gasteiger partial charge on any atom is -0.480 e. The van der Waals surface area contributed by atoms with Gasteiger partial charge in [0.15, 0.2) is 0 Å². The normalized spacial score (nSPS) is 10.6. The molecule has 0 amide bonds. The molecule has 0 saturated heterocycles. The lowest BCUT2D eigenvalue weighted by Crippen LogP contribution is -1.98. The van der Waals surface area contributed by atoms with Crippen molar-refractivity contribution in [2.75, 3.05) is 19.8 Å². The number of carboxylic acids is 1. The Morgan fingerprint density at radius 2 is 1.08 bits per heavy atom. The second kappa shape index (κ2) is 23.6. The predicted molar refractivity (Wildman–Crippen MR) is 102 cm³/mol. The van der Waals surface area contributed by atoms with E-state index < -0.39 is 20.8 Å². The molecular weight excluding hydrogens is 343 g/mol. The molecule has 6 nitrogen and oxygen atoms in total. The molecule has 0 saturated carbocycles. The third kappa shape index (κ3) is 28.6. The third-order valence-electron chi connectivity index (χ3n) is 3.57. The van der Waals surface area contributed by atoms with Gasteiger partial charge in [-0.25, -0.2) is 4.79 Å². The summed E-state index contributed by atoms with van der Waals surface area (Å²) in [4.78, 5) is 9.12. The third-order valence-corrected chi connectivity index (χ3v) is 4.45. The van der Waals surface area contributed by atoms with Gasteiger partial charge in [-0.05, 0) is 12.8 Å². The first-order valence-electron chi connectivity index (χ1n) is 9.70. The number of aliphatic hydroxyl groups is 1. The van der Waals surface area contributed by atoms with Gasteiger partial charge in [0.25, 0.3) is 0 Å². The first-order chi connectivity index (χ1) is 12.1. The molecule has 0 heterocycles. The lowest BCUT2D eigenvalue weighted by atomic mass is 10.1. The van der Waals surface area contributed by atoms with Gasteiger partial charge in [-0.1, -0.05) is 78.1 Å². The fourth-order valence-corrected chi connectivity index (χ4v) is 2.82. The van der Waals surface area contributed by atoms with Crippen LogP contribution in [0.25, 0.3) is 0 Å². The molecule has 0 fully saturated rings. The Balaban J connectivity index is 0. The number of carboxylic acid groups (broad SMARTS) is 1. The molecular formula is C18H39O6P. The fourth-order valence-electron chi connectivity index (χ4n) is 2.12. The smallest absolute Gasteiger partial charge is 0.329 e. The summed E-state index contributed by atoms with van der Waals surface area (Å²) >= 11 is 0. The Bertz CT molecular complexity index is 279. The van der Waals surface area contributed by atoms with E-state index in [4.69, 9.17) is 24.1 Å². The summed E-state index contributed by atoms with van der Waals surface area (Å²) in [7, 11) is -2.23. The number of hydrogen-bond donors (Lipinski definition) is 2. The quantitative estimate of drug-likeness (QED) is 0.265. The number of aliphatic carboxylic acids is 1. The van der Waals surface area contributed by atoms with E-state index in [1.54, 1.807) is 0 Å². The van der Waals surface area contributed by atoms with E-state index in [-0.39, 0.29) is 0 Å². The van der Waals surface area contributed by atoms with E-state index in [2.05, 4.69) is 13.8 Å². The van der Waals surface area contributed by atoms with Crippen LogP contribution in [0.1, 0.15) is 90.9 Å². The van der Waals surface area contributed by atoms with Gasteiger partial charge in [0.05, 0.1) is 13.2 Å². The maximum Gasteiger partial charge on any atom is 0.329 e. The van der Waals surface area contributed by atoms with Crippen molar-refractivity contribution in [3.63, 3.8) is 0 Å². The van der Waals surface area contributed by atoms with Crippen LogP contribution in [-0.2, 0) is 18.4 Å². The number of aliphatic hydroxyl groups excluding tert-OH is 1. The molecule has 152 valence electrons. The zero-order chi connectivity index (χ0) is 19.2. The molecule has 0 aromatic rings. The number of hydrogen-bond acceptors (Lipinski definition) is 5. The van der Waals surface area contributed by atoms with E-state index in [0.717, 1.165) is 12.8 Å². The van der Waals surface area contributed by atoms with Gasteiger partial charge in [-0.15, -0.1) is 0 Å². The zero-order valence-corrected chi connectivity index (χ0v) is 17.1. The van der Waals surface area contributed by atoms with E-state index in [1.165, 1.54) is 64.2 Å². The van der Waals surface area contributed by atoms with Crippen LogP contribution in [0.3, 0.4) is 0 Å². The zero-order valence-electron chi connectivity index (χ0n) is 16.1. The summed E-state index contributed by atoms with van der Waals surface area (Å²) in [6.45, 7) is 4.83. The van der Waals surface area contributed by atoms with E-state index in [1.807, 2.05) is 0 Å². The van der Waals surface area contributed by atoms with Crippen molar-refractivity contribution >= 4 is 14.2 Å². The van der Waals surface area contributed by atoms with Crippen molar-refractivity contribution in [2.45, 2.75) is 90.9 Å². The summed E-state index contributed by atoms with van der Waals surface area (Å²) in [5.74, 6) is -1.19. The molecule has 0 aliphatic heterocycles. The molecule has 0 aromatic carbocycles. The molecule has 2 N–H and O–H groups in total. The summed E-state index contributed by atoms with van der Waals surface area (Å²) in [5.41, 5.74) is 0. The largest absolute Gasteiger partial charge is 0.480 e. The molecule has 0 atom stereocenters. The van der Waals surface area contributed by atoms with Crippen LogP contribution in [0, 0.1) is 0 Å². The molecule has 0 aliphatic rings. The summed E-state index contributed by atoms with van der Waals surface area (Å²) in [6.07, 6.45) is 14.7. The van der Waals surface area contributed by atoms with Gasteiger partial charge in [0.1, 0.15) is 6.61 Å². The molecule has 0 bridgehead atoms. The molecule has 0 aliphatic carbocycles. The highest BCUT2D eigenvalue weighted by atomic mass is 31.1. The highest BCUT2D eigenvalue weighted by molar-refractivity contribution is 7.33. The average Bonchev–Trinajstić information content (AvgIpc) is 2.60. The lowest BCUT2D eigenvalue weighted by Gasteiger charge is -2.06. The molecule has 0 radical (unpaired) electrons. The van der Waals surface area contributed by atoms with Crippen molar-refractivity contribution in [1.82, 2.24) is 0 Å². The van der Waals surface area contributed by atoms with Gasteiger partial charge in [-0.3, -0.25) is 4.57 Å². The topological polar surface area (TPSA) is 93.1 Å². The first kappa shape index (κ1) is 26.8. The van der Waals surface area contributed by atoms with Crippen molar-refractivity contribution in [1.29, 1.82) is 0 Å². The summed E-state index contributed by atoms with van der Waals surface area (Å²) < 4.78 is 21.9. The Hall–Kier alpha value is -0.420. The van der Waals surface area contributed by atoms with Crippen LogP contribution < -0.4 is 0 Å². The van der Waals surface area contributed by atoms with Gasteiger partial charge in [0, 0.05) is 0 Å². The fraction of sp³-hybridized carbons (Fsp3) is 0.944. The van der Waals surface area contributed by atoms with Crippen molar-refractivity contribution < 1.29 is 28.6 Å². The first-order valence-corrected chi connectivity index (χ1v) is 10.9. The van der Waals surface area contributed by atoms with Gasteiger partial charge < -0.3 is 19.3 Å². The van der Waals surface area contributed by atoms with Crippen LogP contribution in [-0.4, -0.2) is 36.0 Å².